The predicted octanol–water partition coefficient (Wildman–Crippen LogP) is 7.21. The number of benzene rings is 3. The monoisotopic (exact) mass is 500 g/mol. The third-order valence-electron chi connectivity index (χ3n) is 6.80. The first-order valence-corrected chi connectivity index (χ1v) is 12.9. The van der Waals surface area contributed by atoms with Gasteiger partial charge in [0.05, 0.1) is 5.56 Å². The highest BCUT2D eigenvalue weighted by Gasteiger charge is 2.22. The first-order chi connectivity index (χ1) is 17.9. The number of fused-ring (bicyclic) bond motifs is 1. The molecule has 0 radical (unpaired) electrons. The first-order valence-electron chi connectivity index (χ1n) is 12.9. The molecule has 2 amide bonds. The summed E-state index contributed by atoms with van der Waals surface area (Å²) in [5.41, 5.74) is 3.85. The third kappa shape index (κ3) is 5.91. The number of amides is 2. The van der Waals surface area contributed by atoms with Gasteiger partial charge in [-0.1, -0.05) is 51.3 Å². The average molecular weight is 501 g/mol. The molecule has 0 saturated carbocycles. The fourth-order valence-electron chi connectivity index (χ4n) is 4.55. The molecule has 5 nitrogen and oxygen atoms in total. The molecule has 0 aliphatic heterocycles. The van der Waals surface area contributed by atoms with E-state index in [1.54, 1.807) is 19.2 Å². The van der Waals surface area contributed by atoms with Crippen molar-refractivity contribution < 1.29 is 18.4 Å². The third-order valence-corrected chi connectivity index (χ3v) is 6.80. The van der Waals surface area contributed by atoms with Crippen molar-refractivity contribution in [2.75, 3.05) is 13.6 Å². The molecule has 0 spiro atoms. The summed E-state index contributed by atoms with van der Waals surface area (Å²) < 4.78 is 19.5. The Labute approximate surface area is 217 Å². The topological polar surface area (TPSA) is 71.3 Å². The largest absolute Gasteiger partial charge is 0.455 e. The first kappa shape index (κ1) is 26.1. The fourth-order valence-corrected chi connectivity index (χ4v) is 4.55. The zero-order valence-corrected chi connectivity index (χ0v) is 21.6. The van der Waals surface area contributed by atoms with Crippen LogP contribution in [0.3, 0.4) is 0 Å². The van der Waals surface area contributed by atoms with Gasteiger partial charge < -0.3 is 15.1 Å². The lowest BCUT2D eigenvalue weighted by Gasteiger charge is -2.15. The number of carbonyl (C=O) groups excluding carboxylic acids is 2. The Balaban J connectivity index is 1.65. The van der Waals surface area contributed by atoms with Gasteiger partial charge in [0.2, 0.25) is 0 Å². The van der Waals surface area contributed by atoms with E-state index in [0.717, 1.165) is 30.4 Å². The van der Waals surface area contributed by atoms with Gasteiger partial charge in [0.25, 0.3) is 11.8 Å². The molecule has 192 valence electrons. The molecule has 4 rings (SSSR count). The molecule has 6 heteroatoms. The molecular weight excluding hydrogens is 467 g/mol. The number of halogens is 1. The molecule has 37 heavy (non-hydrogen) atoms. The second-order valence-electron chi connectivity index (χ2n) is 9.31. The summed E-state index contributed by atoms with van der Waals surface area (Å²) in [5.74, 6) is 0.115. The van der Waals surface area contributed by atoms with Gasteiger partial charge in [0.15, 0.2) is 0 Å². The summed E-state index contributed by atoms with van der Waals surface area (Å²) >= 11 is 0. The molecule has 2 N–H and O–H groups in total. The van der Waals surface area contributed by atoms with Crippen LogP contribution in [0.4, 0.5) is 4.39 Å². The van der Waals surface area contributed by atoms with E-state index < -0.39 is 0 Å². The number of furan rings is 1. The van der Waals surface area contributed by atoms with Crippen LogP contribution in [0.1, 0.15) is 60.2 Å². The summed E-state index contributed by atoms with van der Waals surface area (Å²) in [6.07, 6.45) is 4.48. The normalized spacial score (nSPS) is 11.9. The van der Waals surface area contributed by atoms with E-state index >= 15 is 0 Å². The lowest BCUT2D eigenvalue weighted by atomic mass is 9.98. The number of nitrogens with one attached hydrogen (secondary N) is 2. The van der Waals surface area contributed by atoms with Crippen LogP contribution in [0.15, 0.2) is 71.1 Å². The van der Waals surface area contributed by atoms with Crippen LogP contribution >= 0.6 is 0 Å². The Morgan fingerprint density at radius 3 is 2.35 bits per heavy atom. The summed E-state index contributed by atoms with van der Waals surface area (Å²) in [6.45, 7) is 5.01. The molecular formula is C31H33FN2O3. The number of carbonyl (C=O) groups is 2. The summed E-state index contributed by atoms with van der Waals surface area (Å²) in [6, 6.07) is 19.0. The predicted molar refractivity (Wildman–Crippen MR) is 146 cm³/mol. The van der Waals surface area contributed by atoms with Crippen LogP contribution in [0.25, 0.3) is 33.4 Å². The van der Waals surface area contributed by atoms with E-state index in [-0.39, 0.29) is 17.6 Å². The molecule has 1 heterocycles. The van der Waals surface area contributed by atoms with Crippen molar-refractivity contribution in [2.24, 2.45) is 5.92 Å². The van der Waals surface area contributed by atoms with Gasteiger partial charge in [-0.05, 0) is 72.0 Å². The maximum Gasteiger partial charge on any atom is 0.255 e. The summed E-state index contributed by atoms with van der Waals surface area (Å²) in [7, 11) is 1.56. The van der Waals surface area contributed by atoms with Crippen molar-refractivity contribution >= 4 is 22.8 Å². The molecule has 0 fully saturated rings. The van der Waals surface area contributed by atoms with Crippen molar-refractivity contribution in [3.05, 3.63) is 83.7 Å². The molecule has 0 bridgehead atoms. The van der Waals surface area contributed by atoms with Gasteiger partial charge in [-0.15, -0.1) is 0 Å². The molecule has 0 aliphatic rings. The number of hydrogen-bond donors (Lipinski definition) is 2. The summed E-state index contributed by atoms with van der Waals surface area (Å²) in [5, 5.41) is 6.42. The van der Waals surface area contributed by atoms with Crippen molar-refractivity contribution in [3.63, 3.8) is 0 Å². The maximum absolute atomic E-state index is 13.5. The molecule has 3 aromatic carbocycles. The minimum Gasteiger partial charge on any atom is -0.455 e. The smallest absolute Gasteiger partial charge is 0.255 e. The van der Waals surface area contributed by atoms with Crippen molar-refractivity contribution in [1.82, 2.24) is 10.6 Å². The second-order valence-corrected chi connectivity index (χ2v) is 9.31. The van der Waals surface area contributed by atoms with E-state index in [9.17, 15) is 14.0 Å². The van der Waals surface area contributed by atoms with E-state index in [4.69, 9.17) is 4.42 Å². The molecule has 1 unspecified atom stereocenters. The zero-order valence-electron chi connectivity index (χ0n) is 21.6. The molecule has 0 saturated heterocycles. The standard InChI is InChI=1S/C31H33FN2O3/c1-4-6-8-20(5-2)19-34-30(35)24-10-7-9-22(17-24)23-13-16-27-26(18-23)28(31(36)33-3)29(37-27)21-11-14-25(32)15-12-21/h7,9-18,20H,4-6,8,19H2,1-3H3,(H,33,36)(H,34,35). The minimum absolute atomic E-state index is 0.0918. The molecule has 1 aromatic heterocycles. The van der Waals surface area contributed by atoms with E-state index in [0.29, 0.717) is 45.9 Å². The SMILES string of the molecule is CCCCC(CC)CNC(=O)c1cccc(-c2ccc3oc(-c4ccc(F)cc4)c(C(=O)NC)c3c2)c1. The van der Waals surface area contributed by atoms with Crippen LogP contribution in [-0.2, 0) is 0 Å². The Kier molecular flexibility index (Phi) is 8.39. The van der Waals surface area contributed by atoms with Crippen molar-refractivity contribution in [3.8, 4) is 22.5 Å². The van der Waals surface area contributed by atoms with Gasteiger partial charge in [-0.25, -0.2) is 4.39 Å². The molecule has 1 atom stereocenters. The van der Waals surface area contributed by atoms with Crippen LogP contribution in [0.2, 0.25) is 0 Å². The Morgan fingerprint density at radius 2 is 1.65 bits per heavy atom. The quantitative estimate of drug-likeness (QED) is 0.242. The average Bonchev–Trinajstić information content (AvgIpc) is 3.32. The highest BCUT2D eigenvalue weighted by molar-refractivity contribution is 6.11. The van der Waals surface area contributed by atoms with Crippen LogP contribution in [-0.4, -0.2) is 25.4 Å². The fraction of sp³-hybridized carbons (Fsp3) is 0.290. The molecule has 4 aromatic rings. The van der Waals surface area contributed by atoms with Crippen LogP contribution in [0, 0.1) is 11.7 Å². The lowest BCUT2D eigenvalue weighted by Crippen LogP contribution is -2.29. The number of hydrogen-bond acceptors (Lipinski definition) is 3. The van der Waals surface area contributed by atoms with Gasteiger partial charge in [-0.2, -0.15) is 0 Å². The zero-order chi connectivity index (χ0) is 26.4. The Bertz CT molecular complexity index is 1390. The minimum atomic E-state index is -0.362. The van der Waals surface area contributed by atoms with Crippen molar-refractivity contribution in [2.45, 2.75) is 39.5 Å². The Morgan fingerprint density at radius 1 is 0.919 bits per heavy atom. The maximum atomic E-state index is 13.5. The highest BCUT2D eigenvalue weighted by atomic mass is 19.1. The van der Waals surface area contributed by atoms with Crippen LogP contribution < -0.4 is 10.6 Å². The van der Waals surface area contributed by atoms with Gasteiger partial charge in [0, 0.05) is 30.1 Å². The molecule has 0 aliphatic carbocycles. The summed E-state index contributed by atoms with van der Waals surface area (Å²) in [4.78, 5) is 25.8. The van der Waals surface area contributed by atoms with E-state index in [2.05, 4.69) is 24.5 Å². The van der Waals surface area contributed by atoms with Crippen LogP contribution in [0.5, 0.6) is 0 Å². The van der Waals surface area contributed by atoms with Crippen molar-refractivity contribution in [1.29, 1.82) is 0 Å². The Hall–Kier alpha value is -3.93. The van der Waals surface area contributed by atoms with Gasteiger partial charge in [-0.3, -0.25) is 9.59 Å². The van der Waals surface area contributed by atoms with Gasteiger partial charge in [0.1, 0.15) is 17.2 Å². The lowest BCUT2D eigenvalue weighted by molar-refractivity contribution is 0.0943. The highest BCUT2D eigenvalue weighted by Crippen LogP contribution is 2.36. The van der Waals surface area contributed by atoms with E-state index in [1.807, 2.05) is 42.5 Å². The number of rotatable bonds is 10. The van der Waals surface area contributed by atoms with E-state index in [1.165, 1.54) is 18.6 Å². The van der Waals surface area contributed by atoms with Gasteiger partial charge >= 0.3 is 0 Å². The number of unbranched alkanes of at least 4 members (excludes halogenated alkanes) is 1. The second kappa shape index (κ2) is 11.9.